The number of carbonyl (C=O) groups excluding carboxylic acids is 3. The highest BCUT2D eigenvalue weighted by Crippen LogP contribution is 2.16. The summed E-state index contributed by atoms with van der Waals surface area (Å²) in [6.45, 7) is 8.88. The molecule has 0 amide bonds. The molecule has 6 nitrogen and oxygen atoms in total. The number of hydrogen-bond donors (Lipinski definition) is 0. The van der Waals surface area contributed by atoms with Gasteiger partial charge in [-0.2, -0.15) is 0 Å². The predicted molar refractivity (Wildman–Crippen MR) is 187 cm³/mol. The van der Waals surface area contributed by atoms with Gasteiger partial charge in [0.25, 0.3) is 0 Å². The number of esters is 3. The Bertz CT molecular complexity index is 678. The third-order valence-electron chi connectivity index (χ3n) is 8.90. The molecule has 266 valence electrons. The first-order valence-electron chi connectivity index (χ1n) is 19.4. The van der Waals surface area contributed by atoms with Gasteiger partial charge in [0.1, 0.15) is 13.2 Å². The lowest BCUT2D eigenvalue weighted by Crippen LogP contribution is -2.30. The van der Waals surface area contributed by atoms with Gasteiger partial charge < -0.3 is 14.2 Å². The highest BCUT2D eigenvalue weighted by Gasteiger charge is 2.19. The van der Waals surface area contributed by atoms with Crippen LogP contribution < -0.4 is 0 Å². The maximum Gasteiger partial charge on any atom is 0.306 e. The molecule has 0 radical (unpaired) electrons. The molecule has 45 heavy (non-hydrogen) atoms. The number of unbranched alkanes of at least 4 members (excludes halogenated alkanes) is 20. The van der Waals surface area contributed by atoms with Gasteiger partial charge in [0.2, 0.25) is 0 Å². The molecular formula is C39H74O6. The van der Waals surface area contributed by atoms with E-state index in [1.807, 2.05) is 0 Å². The van der Waals surface area contributed by atoms with Crippen LogP contribution in [-0.2, 0) is 28.6 Å². The molecule has 1 unspecified atom stereocenters. The molecule has 0 aromatic carbocycles. The number of hydrogen-bond acceptors (Lipinski definition) is 6. The van der Waals surface area contributed by atoms with E-state index in [1.165, 1.54) is 103 Å². The van der Waals surface area contributed by atoms with Crippen molar-refractivity contribution in [1.82, 2.24) is 0 Å². The van der Waals surface area contributed by atoms with Crippen molar-refractivity contribution in [2.24, 2.45) is 5.92 Å². The van der Waals surface area contributed by atoms with Gasteiger partial charge in [-0.1, -0.05) is 169 Å². The van der Waals surface area contributed by atoms with E-state index >= 15 is 0 Å². The van der Waals surface area contributed by atoms with Gasteiger partial charge in [-0.25, -0.2) is 0 Å². The zero-order valence-corrected chi connectivity index (χ0v) is 30.3. The summed E-state index contributed by atoms with van der Waals surface area (Å²) in [5.74, 6) is -0.0649. The maximum absolute atomic E-state index is 12.6. The van der Waals surface area contributed by atoms with Crippen LogP contribution in [0.4, 0.5) is 0 Å². The smallest absolute Gasteiger partial charge is 0.306 e. The molecule has 2 atom stereocenters. The second kappa shape index (κ2) is 33.8. The molecule has 0 N–H and O–H groups in total. The van der Waals surface area contributed by atoms with Gasteiger partial charge in [0, 0.05) is 19.3 Å². The van der Waals surface area contributed by atoms with Gasteiger partial charge in [0.15, 0.2) is 6.10 Å². The quantitative estimate of drug-likeness (QED) is 0.0396. The topological polar surface area (TPSA) is 78.9 Å². The third-order valence-corrected chi connectivity index (χ3v) is 8.90. The van der Waals surface area contributed by atoms with Gasteiger partial charge in [-0.3, -0.25) is 14.4 Å². The number of carbonyl (C=O) groups is 3. The Hall–Kier alpha value is -1.59. The fourth-order valence-electron chi connectivity index (χ4n) is 5.53. The van der Waals surface area contributed by atoms with Crippen molar-refractivity contribution < 1.29 is 28.6 Å². The molecule has 6 heteroatoms. The van der Waals surface area contributed by atoms with E-state index in [4.69, 9.17) is 14.2 Å². The highest BCUT2D eigenvalue weighted by atomic mass is 16.6. The average molecular weight is 639 g/mol. The molecule has 0 heterocycles. The Labute approximate surface area is 278 Å². The lowest BCUT2D eigenvalue weighted by molar-refractivity contribution is -0.167. The van der Waals surface area contributed by atoms with E-state index in [2.05, 4.69) is 27.7 Å². The summed E-state index contributed by atoms with van der Waals surface area (Å²) >= 11 is 0. The van der Waals surface area contributed by atoms with E-state index < -0.39 is 6.10 Å². The molecule has 0 aliphatic rings. The second-order valence-corrected chi connectivity index (χ2v) is 13.5. The van der Waals surface area contributed by atoms with Crippen molar-refractivity contribution in [3.8, 4) is 0 Å². The van der Waals surface area contributed by atoms with Crippen LogP contribution in [0.3, 0.4) is 0 Å². The summed E-state index contributed by atoms with van der Waals surface area (Å²) in [6.07, 6.45) is 29.5. The van der Waals surface area contributed by atoms with Crippen LogP contribution in [0.2, 0.25) is 0 Å². The summed E-state index contributed by atoms with van der Waals surface area (Å²) in [5.41, 5.74) is 0. The van der Waals surface area contributed by atoms with E-state index in [0.717, 1.165) is 63.7 Å². The predicted octanol–water partition coefficient (Wildman–Crippen LogP) is 11.6. The van der Waals surface area contributed by atoms with E-state index in [-0.39, 0.29) is 31.1 Å². The van der Waals surface area contributed by atoms with Gasteiger partial charge >= 0.3 is 17.9 Å². The molecule has 0 spiro atoms. The van der Waals surface area contributed by atoms with Crippen molar-refractivity contribution in [1.29, 1.82) is 0 Å². The second-order valence-electron chi connectivity index (χ2n) is 13.5. The van der Waals surface area contributed by atoms with Crippen LogP contribution >= 0.6 is 0 Å². The van der Waals surface area contributed by atoms with Crippen molar-refractivity contribution >= 4 is 17.9 Å². The molecule has 0 fully saturated rings. The molecule has 0 aliphatic heterocycles. The highest BCUT2D eigenvalue weighted by molar-refractivity contribution is 5.71. The molecule has 0 rings (SSSR count). The van der Waals surface area contributed by atoms with Crippen LogP contribution in [-0.4, -0.2) is 37.2 Å². The van der Waals surface area contributed by atoms with Gasteiger partial charge in [-0.05, 0) is 25.2 Å². The molecule has 0 bridgehead atoms. The van der Waals surface area contributed by atoms with E-state index in [9.17, 15) is 14.4 Å². The first kappa shape index (κ1) is 43.4. The van der Waals surface area contributed by atoms with Crippen molar-refractivity contribution in [2.75, 3.05) is 13.2 Å². The van der Waals surface area contributed by atoms with Crippen molar-refractivity contribution in [3.63, 3.8) is 0 Å². The molecule has 0 aliphatic carbocycles. The average Bonchev–Trinajstić information content (AvgIpc) is 3.03. The molecule has 0 aromatic heterocycles. The van der Waals surface area contributed by atoms with Crippen LogP contribution in [0.1, 0.15) is 207 Å². The summed E-state index contributed by atoms with van der Waals surface area (Å²) in [5, 5.41) is 0. The van der Waals surface area contributed by atoms with Crippen LogP contribution in [0.25, 0.3) is 0 Å². The zero-order chi connectivity index (χ0) is 33.2. The zero-order valence-electron chi connectivity index (χ0n) is 30.3. The molecular weight excluding hydrogens is 564 g/mol. The Balaban J connectivity index is 4.35. The SMILES string of the molecule is CCCCCCCCCCCCC(=O)OC[C@H](COC(=O)CCCCCCCCC)OC(=O)CCCCCCCCC(C)CC. The van der Waals surface area contributed by atoms with Crippen LogP contribution in [0.15, 0.2) is 0 Å². The van der Waals surface area contributed by atoms with Crippen LogP contribution in [0.5, 0.6) is 0 Å². The standard InChI is InChI=1S/C39H74O6/c1-5-8-10-12-14-15-16-18-23-27-31-38(41)44-34-36(33-43-37(40)30-26-22-17-13-11-9-6-2)45-39(42)32-28-24-20-19-21-25-29-35(4)7-3/h35-36H,5-34H2,1-4H3/t35?,36-/m0/s1. The first-order valence-corrected chi connectivity index (χ1v) is 19.4. The summed E-state index contributed by atoms with van der Waals surface area (Å²) < 4.78 is 16.5. The Morgan fingerprint density at radius 2 is 0.778 bits per heavy atom. The van der Waals surface area contributed by atoms with Crippen molar-refractivity contribution in [2.45, 2.75) is 214 Å². The number of rotatable bonds is 34. The fourth-order valence-corrected chi connectivity index (χ4v) is 5.53. The van der Waals surface area contributed by atoms with Crippen molar-refractivity contribution in [3.05, 3.63) is 0 Å². The molecule has 0 aromatic rings. The minimum atomic E-state index is -0.757. The number of ether oxygens (including phenoxy) is 3. The normalized spacial score (nSPS) is 12.5. The monoisotopic (exact) mass is 639 g/mol. The Kier molecular flexibility index (Phi) is 32.6. The largest absolute Gasteiger partial charge is 0.462 e. The lowest BCUT2D eigenvalue weighted by atomic mass is 10.00. The summed E-state index contributed by atoms with van der Waals surface area (Å²) in [4.78, 5) is 37.3. The first-order chi connectivity index (χ1) is 21.9. The Morgan fingerprint density at radius 1 is 0.444 bits per heavy atom. The lowest BCUT2D eigenvalue weighted by Gasteiger charge is -2.18. The molecule has 0 saturated carbocycles. The minimum absolute atomic E-state index is 0.0662. The third kappa shape index (κ3) is 32.2. The minimum Gasteiger partial charge on any atom is -0.462 e. The van der Waals surface area contributed by atoms with Gasteiger partial charge in [-0.15, -0.1) is 0 Å². The van der Waals surface area contributed by atoms with E-state index in [1.54, 1.807) is 0 Å². The summed E-state index contributed by atoms with van der Waals surface area (Å²) in [6, 6.07) is 0. The maximum atomic E-state index is 12.6. The van der Waals surface area contributed by atoms with E-state index in [0.29, 0.717) is 19.3 Å². The fraction of sp³-hybridized carbons (Fsp3) is 0.923. The Morgan fingerprint density at radius 3 is 1.16 bits per heavy atom. The van der Waals surface area contributed by atoms with Gasteiger partial charge in [0.05, 0.1) is 0 Å². The summed E-state index contributed by atoms with van der Waals surface area (Å²) in [7, 11) is 0. The van der Waals surface area contributed by atoms with Crippen LogP contribution in [0, 0.1) is 5.92 Å². The molecule has 0 saturated heterocycles.